The Morgan fingerprint density at radius 3 is 3.04 bits per heavy atom. The summed E-state index contributed by atoms with van der Waals surface area (Å²) in [6.45, 7) is 2.47. The lowest BCUT2D eigenvalue weighted by atomic mass is 10.3. The average molecular weight is 395 g/mol. The third kappa shape index (κ3) is 5.00. The van der Waals surface area contributed by atoms with Crippen molar-refractivity contribution < 1.29 is 4.79 Å². The topological polar surface area (TPSA) is 85.6 Å². The number of rotatable bonds is 7. The molecule has 1 amide bonds. The van der Waals surface area contributed by atoms with E-state index in [0.717, 1.165) is 6.42 Å². The van der Waals surface area contributed by atoms with Crippen molar-refractivity contribution in [1.29, 1.82) is 0 Å². The van der Waals surface area contributed by atoms with Gasteiger partial charge in [0.15, 0.2) is 0 Å². The summed E-state index contributed by atoms with van der Waals surface area (Å²) in [7, 11) is 0. The van der Waals surface area contributed by atoms with Crippen LogP contribution in [0.25, 0.3) is 0 Å². The predicted octanol–water partition coefficient (Wildman–Crippen LogP) is 3.15. The van der Waals surface area contributed by atoms with Crippen LogP contribution in [0.4, 0.5) is 5.82 Å². The van der Waals surface area contributed by atoms with Gasteiger partial charge in [0.2, 0.25) is 11.1 Å². The van der Waals surface area contributed by atoms with E-state index in [1.165, 1.54) is 22.8 Å². The van der Waals surface area contributed by atoms with Crippen molar-refractivity contribution in [2.45, 2.75) is 30.3 Å². The number of aromatic nitrogens is 5. The Labute approximate surface area is 157 Å². The summed E-state index contributed by atoms with van der Waals surface area (Å²) < 4.78 is 1.72. The van der Waals surface area contributed by atoms with Crippen molar-refractivity contribution in [1.82, 2.24) is 25.2 Å². The number of nitrogens with zero attached hydrogens (tertiary/aromatic N) is 5. The number of anilines is 1. The molecule has 0 aromatic carbocycles. The van der Waals surface area contributed by atoms with Crippen LogP contribution in [0.5, 0.6) is 0 Å². The largest absolute Gasteiger partial charge is 0.310 e. The minimum atomic E-state index is -0.371. The molecule has 3 aromatic rings. The van der Waals surface area contributed by atoms with Crippen molar-refractivity contribution in [3.63, 3.8) is 0 Å². The first-order valence-electron chi connectivity index (χ1n) is 7.49. The zero-order chi connectivity index (χ0) is 17.6. The minimum absolute atomic E-state index is 0.173. The number of thiophene rings is 1. The van der Waals surface area contributed by atoms with E-state index in [1.807, 2.05) is 11.4 Å². The first kappa shape index (κ1) is 17.8. The summed E-state index contributed by atoms with van der Waals surface area (Å²) in [5, 5.41) is 17.3. The van der Waals surface area contributed by atoms with Crippen molar-refractivity contribution in [3.05, 3.63) is 45.7 Å². The lowest BCUT2D eigenvalue weighted by molar-refractivity contribution is -0.115. The molecule has 7 nitrogen and oxygen atoms in total. The highest BCUT2D eigenvalue weighted by Crippen LogP contribution is 2.22. The molecule has 3 aromatic heterocycles. The van der Waals surface area contributed by atoms with Crippen LogP contribution in [0.2, 0.25) is 5.02 Å². The van der Waals surface area contributed by atoms with Gasteiger partial charge < -0.3 is 5.32 Å². The number of tetrazole rings is 1. The van der Waals surface area contributed by atoms with E-state index in [2.05, 4.69) is 31.9 Å². The molecule has 0 aliphatic carbocycles. The molecular formula is C15H15ClN6OS2. The summed E-state index contributed by atoms with van der Waals surface area (Å²) in [5.41, 5.74) is 0. The minimum Gasteiger partial charge on any atom is -0.310 e. The lowest BCUT2D eigenvalue weighted by Crippen LogP contribution is -2.23. The maximum atomic E-state index is 12.3. The van der Waals surface area contributed by atoms with E-state index >= 15 is 0 Å². The Kier molecular flexibility index (Phi) is 6.00. The van der Waals surface area contributed by atoms with Crippen LogP contribution in [-0.2, 0) is 17.8 Å². The first-order valence-corrected chi connectivity index (χ1v) is 9.63. The van der Waals surface area contributed by atoms with Gasteiger partial charge in [-0.25, -0.2) is 9.67 Å². The summed E-state index contributed by atoms with van der Waals surface area (Å²) in [6.07, 6.45) is 2.34. The highest BCUT2D eigenvalue weighted by molar-refractivity contribution is 8.00. The van der Waals surface area contributed by atoms with Crippen LogP contribution >= 0.6 is 34.7 Å². The maximum absolute atomic E-state index is 12.3. The standard InChI is InChI=1S/C15H15ClN6OS2/c1-10(14(23)18-13-5-4-11(16)9-17-13)25-15-19-20-21-22(15)7-6-12-3-2-8-24-12/h2-5,8-10H,6-7H2,1H3,(H,17,18,23)/t10-/m1/s1. The number of carbonyl (C=O) groups is 1. The van der Waals surface area contributed by atoms with E-state index in [9.17, 15) is 4.79 Å². The highest BCUT2D eigenvalue weighted by atomic mass is 35.5. The van der Waals surface area contributed by atoms with E-state index in [4.69, 9.17) is 11.6 Å². The lowest BCUT2D eigenvalue weighted by Gasteiger charge is -2.11. The number of thioether (sulfide) groups is 1. The fraction of sp³-hybridized carbons (Fsp3) is 0.267. The molecule has 0 radical (unpaired) electrons. The van der Waals surface area contributed by atoms with Crippen molar-refractivity contribution >= 4 is 46.4 Å². The molecule has 0 saturated carbocycles. The summed E-state index contributed by atoms with van der Waals surface area (Å²) in [5.74, 6) is 0.284. The first-order chi connectivity index (χ1) is 12.1. The van der Waals surface area contributed by atoms with Gasteiger partial charge in [0.25, 0.3) is 0 Å². The van der Waals surface area contributed by atoms with Gasteiger partial charge in [-0.15, -0.1) is 16.4 Å². The van der Waals surface area contributed by atoms with Gasteiger partial charge in [0, 0.05) is 17.5 Å². The molecule has 130 valence electrons. The summed E-state index contributed by atoms with van der Waals surface area (Å²) in [4.78, 5) is 17.6. The van der Waals surface area contributed by atoms with Crippen LogP contribution in [0.3, 0.4) is 0 Å². The van der Waals surface area contributed by atoms with Crippen LogP contribution < -0.4 is 5.32 Å². The van der Waals surface area contributed by atoms with Gasteiger partial charge >= 0.3 is 0 Å². The number of halogens is 1. The van der Waals surface area contributed by atoms with Gasteiger partial charge in [-0.05, 0) is 40.9 Å². The van der Waals surface area contributed by atoms with Gasteiger partial charge in [0.05, 0.1) is 16.8 Å². The van der Waals surface area contributed by atoms with E-state index in [-0.39, 0.29) is 11.2 Å². The Morgan fingerprint density at radius 2 is 2.32 bits per heavy atom. The van der Waals surface area contributed by atoms with E-state index in [1.54, 1.807) is 35.1 Å². The van der Waals surface area contributed by atoms with Gasteiger partial charge in [-0.3, -0.25) is 4.79 Å². The normalized spacial score (nSPS) is 12.1. The Balaban J connectivity index is 1.57. The van der Waals surface area contributed by atoms with Crippen LogP contribution in [-0.4, -0.2) is 36.3 Å². The predicted molar refractivity (Wildman–Crippen MR) is 99.0 cm³/mol. The third-order valence-electron chi connectivity index (χ3n) is 3.28. The molecule has 3 rings (SSSR count). The number of nitrogens with one attached hydrogen (secondary N) is 1. The fourth-order valence-corrected chi connectivity index (χ4v) is 3.61. The zero-order valence-electron chi connectivity index (χ0n) is 13.3. The number of pyridine rings is 1. The molecule has 1 N–H and O–H groups in total. The molecule has 0 unspecified atom stereocenters. The van der Waals surface area contributed by atoms with E-state index in [0.29, 0.717) is 22.5 Å². The third-order valence-corrected chi connectivity index (χ3v) is 5.51. The molecule has 0 saturated heterocycles. The molecule has 0 fully saturated rings. The smallest absolute Gasteiger partial charge is 0.238 e. The summed E-state index contributed by atoms with van der Waals surface area (Å²) >= 11 is 8.80. The summed E-state index contributed by atoms with van der Waals surface area (Å²) in [6, 6.07) is 7.43. The molecule has 10 heteroatoms. The molecule has 25 heavy (non-hydrogen) atoms. The van der Waals surface area contributed by atoms with Crippen molar-refractivity contribution in [2.24, 2.45) is 0 Å². The molecule has 0 aliphatic rings. The highest BCUT2D eigenvalue weighted by Gasteiger charge is 2.19. The number of amides is 1. The average Bonchev–Trinajstić information content (AvgIpc) is 3.26. The maximum Gasteiger partial charge on any atom is 0.238 e. The molecule has 0 bridgehead atoms. The van der Waals surface area contributed by atoms with Crippen LogP contribution in [0.1, 0.15) is 11.8 Å². The molecule has 0 spiro atoms. The SMILES string of the molecule is C[C@@H](Sc1nnnn1CCc1cccs1)C(=O)Nc1ccc(Cl)cn1. The van der Waals surface area contributed by atoms with Gasteiger partial charge in [0.1, 0.15) is 5.82 Å². The fourth-order valence-electron chi connectivity index (χ4n) is 1.98. The van der Waals surface area contributed by atoms with Crippen molar-refractivity contribution in [3.8, 4) is 0 Å². The second kappa shape index (κ2) is 8.41. The Morgan fingerprint density at radius 1 is 1.44 bits per heavy atom. The van der Waals surface area contributed by atoms with Gasteiger partial charge in [-0.1, -0.05) is 29.4 Å². The van der Waals surface area contributed by atoms with E-state index < -0.39 is 0 Å². The molecule has 1 atom stereocenters. The molecular weight excluding hydrogens is 380 g/mol. The number of aryl methyl sites for hydroxylation is 2. The number of hydrogen-bond donors (Lipinski definition) is 1. The Bertz CT molecular complexity index is 821. The van der Waals surface area contributed by atoms with Gasteiger partial charge in [-0.2, -0.15) is 0 Å². The quantitative estimate of drug-likeness (QED) is 0.619. The Hall–Kier alpha value is -1.97. The number of carbonyl (C=O) groups excluding carboxylic acids is 1. The zero-order valence-corrected chi connectivity index (χ0v) is 15.7. The van der Waals surface area contributed by atoms with Crippen LogP contribution in [0.15, 0.2) is 41.0 Å². The van der Waals surface area contributed by atoms with Crippen LogP contribution in [0, 0.1) is 0 Å². The monoisotopic (exact) mass is 394 g/mol. The second-order valence-corrected chi connectivity index (χ2v) is 7.90. The van der Waals surface area contributed by atoms with Crippen molar-refractivity contribution in [2.75, 3.05) is 5.32 Å². The second-order valence-electron chi connectivity index (χ2n) is 5.12. The molecule has 0 aliphatic heterocycles. The number of hydrogen-bond acceptors (Lipinski definition) is 7. The molecule has 3 heterocycles.